The lowest BCUT2D eigenvalue weighted by molar-refractivity contribution is -0.138. The molecular weight excluding hydrogens is 210 g/mol. The molecule has 1 heterocycles. The molecule has 0 N–H and O–H groups in total. The molecule has 0 aromatic heterocycles. The predicted octanol–water partition coefficient (Wildman–Crippen LogP) is 3.15. The number of hydrogen-bond donors (Lipinski definition) is 0. The Morgan fingerprint density at radius 2 is 1.53 bits per heavy atom. The van der Waals surface area contributed by atoms with Crippen LogP contribution in [0.1, 0.15) is 64.2 Å². The van der Waals surface area contributed by atoms with Gasteiger partial charge in [-0.05, 0) is 51.6 Å². The van der Waals surface area contributed by atoms with Crippen molar-refractivity contribution in [2.75, 3.05) is 13.1 Å². The van der Waals surface area contributed by atoms with Gasteiger partial charge in [0, 0.05) is 5.92 Å². The number of rotatable bonds is 3. The molecule has 2 nitrogen and oxygen atoms in total. The third-order valence-electron chi connectivity index (χ3n) is 5.33. The monoisotopic (exact) mass is 235 g/mol. The van der Waals surface area contributed by atoms with Crippen molar-refractivity contribution in [3.63, 3.8) is 0 Å². The third kappa shape index (κ3) is 1.95. The first-order valence-corrected chi connectivity index (χ1v) is 7.62. The number of likely N-dealkylation sites (tertiary alicyclic amines) is 1. The van der Waals surface area contributed by atoms with Crippen LogP contribution in [-0.2, 0) is 4.79 Å². The SMILES string of the molecule is O=C(C1CCC1)C1(N2CCCCC2)CCCC1. The number of carbonyl (C=O) groups excluding carboxylic acids is 1. The summed E-state index contributed by atoms with van der Waals surface area (Å²) in [4.78, 5) is 15.4. The minimum Gasteiger partial charge on any atom is -0.297 e. The highest BCUT2D eigenvalue weighted by Gasteiger charge is 2.49. The number of piperidine rings is 1. The predicted molar refractivity (Wildman–Crippen MR) is 69.0 cm³/mol. The van der Waals surface area contributed by atoms with Gasteiger partial charge < -0.3 is 0 Å². The first-order valence-electron chi connectivity index (χ1n) is 7.62. The number of Topliss-reactive ketones (excluding diaryl/α,β-unsaturated/α-hetero) is 1. The van der Waals surface area contributed by atoms with Crippen molar-refractivity contribution in [1.82, 2.24) is 4.90 Å². The summed E-state index contributed by atoms with van der Waals surface area (Å²) in [5, 5.41) is 0. The van der Waals surface area contributed by atoms with Gasteiger partial charge in [0.25, 0.3) is 0 Å². The van der Waals surface area contributed by atoms with E-state index in [0.717, 1.165) is 12.8 Å². The van der Waals surface area contributed by atoms with Crippen molar-refractivity contribution < 1.29 is 4.79 Å². The lowest BCUT2D eigenvalue weighted by atomic mass is 9.73. The summed E-state index contributed by atoms with van der Waals surface area (Å²) in [6.07, 6.45) is 12.5. The molecule has 3 rings (SSSR count). The molecule has 0 amide bonds. The number of hydrogen-bond acceptors (Lipinski definition) is 2. The van der Waals surface area contributed by atoms with Gasteiger partial charge in [-0.3, -0.25) is 9.69 Å². The van der Waals surface area contributed by atoms with E-state index in [1.54, 1.807) is 0 Å². The van der Waals surface area contributed by atoms with Crippen molar-refractivity contribution in [1.29, 1.82) is 0 Å². The second kappa shape index (κ2) is 4.72. The molecule has 1 saturated heterocycles. The summed E-state index contributed by atoms with van der Waals surface area (Å²) in [6.45, 7) is 2.36. The first kappa shape index (κ1) is 11.7. The Morgan fingerprint density at radius 3 is 2.06 bits per heavy atom. The smallest absolute Gasteiger partial charge is 0.156 e. The fraction of sp³-hybridized carbons (Fsp3) is 0.933. The normalized spacial score (nSPS) is 30.1. The third-order valence-corrected chi connectivity index (χ3v) is 5.33. The molecule has 3 aliphatic rings. The molecule has 2 aliphatic carbocycles. The summed E-state index contributed by atoms with van der Waals surface area (Å²) in [5.74, 6) is 1.05. The highest BCUT2D eigenvalue weighted by molar-refractivity contribution is 5.91. The van der Waals surface area contributed by atoms with Gasteiger partial charge in [-0.2, -0.15) is 0 Å². The van der Waals surface area contributed by atoms with Gasteiger partial charge in [0.05, 0.1) is 5.54 Å². The Hall–Kier alpha value is -0.370. The molecule has 0 bridgehead atoms. The standard InChI is InChI=1S/C15H25NO/c17-14(13-7-6-8-13)15(9-2-3-10-15)16-11-4-1-5-12-16/h13H,1-12H2. The quantitative estimate of drug-likeness (QED) is 0.749. The van der Waals surface area contributed by atoms with E-state index in [1.807, 2.05) is 0 Å². The van der Waals surface area contributed by atoms with Crippen LogP contribution in [0.5, 0.6) is 0 Å². The Kier molecular flexibility index (Phi) is 3.25. The van der Waals surface area contributed by atoms with E-state index in [9.17, 15) is 4.79 Å². The van der Waals surface area contributed by atoms with Gasteiger partial charge in [-0.25, -0.2) is 0 Å². The highest BCUT2D eigenvalue weighted by atomic mass is 16.1. The van der Waals surface area contributed by atoms with E-state index in [-0.39, 0.29) is 5.54 Å². The summed E-state index contributed by atoms with van der Waals surface area (Å²) in [6, 6.07) is 0. The topological polar surface area (TPSA) is 20.3 Å². The Morgan fingerprint density at radius 1 is 0.882 bits per heavy atom. The van der Waals surface area contributed by atoms with Gasteiger partial charge in [0.2, 0.25) is 0 Å². The maximum Gasteiger partial charge on any atom is 0.156 e. The maximum absolute atomic E-state index is 12.8. The van der Waals surface area contributed by atoms with E-state index in [1.165, 1.54) is 64.5 Å². The van der Waals surface area contributed by atoms with Gasteiger partial charge in [-0.1, -0.05) is 25.7 Å². The summed E-state index contributed by atoms with van der Waals surface area (Å²) < 4.78 is 0. The van der Waals surface area contributed by atoms with Crippen LogP contribution in [-0.4, -0.2) is 29.3 Å². The van der Waals surface area contributed by atoms with E-state index in [4.69, 9.17) is 0 Å². The molecule has 0 unspecified atom stereocenters. The van der Waals surface area contributed by atoms with Crippen molar-refractivity contribution in [2.24, 2.45) is 5.92 Å². The highest BCUT2D eigenvalue weighted by Crippen LogP contribution is 2.43. The summed E-state index contributed by atoms with van der Waals surface area (Å²) in [7, 11) is 0. The van der Waals surface area contributed by atoms with Crippen LogP contribution in [0.3, 0.4) is 0 Å². The van der Waals surface area contributed by atoms with Gasteiger partial charge >= 0.3 is 0 Å². The lowest BCUT2D eigenvalue weighted by Gasteiger charge is -2.45. The van der Waals surface area contributed by atoms with Crippen LogP contribution in [0.25, 0.3) is 0 Å². The molecular formula is C15H25NO. The van der Waals surface area contributed by atoms with Crippen LogP contribution < -0.4 is 0 Å². The molecule has 1 aliphatic heterocycles. The van der Waals surface area contributed by atoms with Crippen LogP contribution >= 0.6 is 0 Å². The Labute approximate surface area is 105 Å². The van der Waals surface area contributed by atoms with Crippen LogP contribution in [0.2, 0.25) is 0 Å². The molecule has 96 valence electrons. The maximum atomic E-state index is 12.8. The van der Waals surface area contributed by atoms with Crippen molar-refractivity contribution in [2.45, 2.75) is 69.7 Å². The zero-order valence-electron chi connectivity index (χ0n) is 10.9. The van der Waals surface area contributed by atoms with Crippen LogP contribution in [0.15, 0.2) is 0 Å². The molecule has 2 saturated carbocycles. The number of carbonyl (C=O) groups is 1. The van der Waals surface area contributed by atoms with E-state index in [0.29, 0.717) is 11.7 Å². The fourth-order valence-electron chi connectivity index (χ4n) is 4.05. The lowest BCUT2D eigenvalue weighted by Crippen LogP contribution is -2.57. The van der Waals surface area contributed by atoms with Crippen LogP contribution in [0.4, 0.5) is 0 Å². The average molecular weight is 235 g/mol. The molecule has 3 fully saturated rings. The van der Waals surface area contributed by atoms with E-state index in [2.05, 4.69) is 4.90 Å². The second-order valence-corrected chi connectivity index (χ2v) is 6.28. The molecule has 2 heteroatoms. The number of nitrogens with zero attached hydrogens (tertiary/aromatic N) is 1. The summed E-state index contributed by atoms with van der Waals surface area (Å²) >= 11 is 0. The molecule has 0 aromatic carbocycles. The van der Waals surface area contributed by atoms with Crippen molar-refractivity contribution in [3.8, 4) is 0 Å². The van der Waals surface area contributed by atoms with E-state index < -0.39 is 0 Å². The van der Waals surface area contributed by atoms with Gasteiger partial charge in [0.1, 0.15) is 0 Å². The summed E-state index contributed by atoms with van der Waals surface area (Å²) in [5.41, 5.74) is -0.00843. The van der Waals surface area contributed by atoms with Crippen molar-refractivity contribution in [3.05, 3.63) is 0 Å². The number of ketones is 1. The van der Waals surface area contributed by atoms with Gasteiger partial charge in [-0.15, -0.1) is 0 Å². The first-order chi connectivity index (χ1) is 8.33. The molecule has 0 radical (unpaired) electrons. The Bertz CT molecular complexity index is 283. The van der Waals surface area contributed by atoms with Crippen molar-refractivity contribution >= 4 is 5.78 Å². The fourth-order valence-corrected chi connectivity index (χ4v) is 4.05. The zero-order chi connectivity index (χ0) is 11.7. The largest absolute Gasteiger partial charge is 0.297 e. The van der Waals surface area contributed by atoms with Gasteiger partial charge in [0.15, 0.2) is 5.78 Å². The molecule has 0 aromatic rings. The van der Waals surface area contributed by atoms with Crippen LogP contribution in [0, 0.1) is 5.92 Å². The van der Waals surface area contributed by atoms with E-state index >= 15 is 0 Å². The molecule has 17 heavy (non-hydrogen) atoms. The minimum atomic E-state index is -0.00843. The molecule has 0 spiro atoms. The Balaban J connectivity index is 1.78. The minimum absolute atomic E-state index is 0.00843. The average Bonchev–Trinajstić information content (AvgIpc) is 2.78. The molecule has 0 atom stereocenters. The zero-order valence-corrected chi connectivity index (χ0v) is 10.9. The second-order valence-electron chi connectivity index (χ2n) is 6.28.